The second kappa shape index (κ2) is 9.03. The second-order valence-corrected chi connectivity index (χ2v) is 7.38. The molecule has 1 saturated heterocycles. The van der Waals surface area contributed by atoms with E-state index in [-0.39, 0.29) is 17.9 Å². The third kappa shape index (κ3) is 4.72. The summed E-state index contributed by atoms with van der Waals surface area (Å²) >= 11 is 0. The quantitative estimate of drug-likeness (QED) is 0.639. The normalized spacial score (nSPS) is 15.6. The lowest BCUT2D eigenvalue weighted by atomic mass is 10.00. The molecule has 29 heavy (non-hydrogen) atoms. The molecule has 0 unspecified atom stereocenters. The highest BCUT2D eigenvalue weighted by Crippen LogP contribution is 2.30. The highest BCUT2D eigenvalue weighted by atomic mass is 16.5. The van der Waals surface area contributed by atoms with Gasteiger partial charge in [-0.15, -0.1) is 0 Å². The van der Waals surface area contributed by atoms with Crippen LogP contribution in [-0.2, 0) is 11.3 Å². The molecule has 0 radical (unpaired) electrons. The van der Waals surface area contributed by atoms with Gasteiger partial charge in [-0.1, -0.05) is 60.7 Å². The summed E-state index contributed by atoms with van der Waals surface area (Å²) in [5.74, 6) is -0.993. The van der Waals surface area contributed by atoms with Gasteiger partial charge in [-0.2, -0.15) is 5.10 Å². The van der Waals surface area contributed by atoms with Crippen molar-refractivity contribution in [1.29, 1.82) is 0 Å². The molecule has 0 atom stereocenters. The number of carboxylic acids is 1. The van der Waals surface area contributed by atoms with Crippen molar-refractivity contribution in [1.82, 2.24) is 15.1 Å². The molecule has 2 N–H and O–H groups in total. The number of aromatic amines is 1. The number of piperidine rings is 1. The van der Waals surface area contributed by atoms with E-state index < -0.39 is 5.97 Å². The first kappa shape index (κ1) is 19.4. The first-order chi connectivity index (χ1) is 14.2. The van der Waals surface area contributed by atoms with Crippen molar-refractivity contribution in [2.45, 2.75) is 31.6 Å². The van der Waals surface area contributed by atoms with Crippen LogP contribution < -0.4 is 0 Å². The lowest BCUT2D eigenvalue weighted by Gasteiger charge is -2.34. The van der Waals surface area contributed by atoms with Crippen molar-refractivity contribution in [2.75, 3.05) is 13.1 Å². The minimum absolute atomic E-state index is 0.0820. The molecule has 0 amide bonds. The number of nitrogens with zero attached hydrogens (tertiary/aromatic N) is 2. The van der Waals surface area contributed by atoms with Crippen LogP contribution >= 0.6 is 0 Å². The summed E-state index contributed by atoms with van der Waals surface area (Å²) in [5.41, 5.74) is 3.15. The minimum atomic E-state index is -0.993. The smallest absolute Gasteiger partial charge is 0.356 e. The van der Waals surface area contributed by atoms with Crippen LogP contribution in [0.3, 0.4) is 0 Å². The van der Waals surface area contributed by atoms with Crippen LogP contribution in [0, 0.1) is 0 Å². The molecule has 1 aromatic heterocycles. The Hall–Kier alpha value is -2.96. The fourth-order valence-corrected chi connectivity index (χ4v) is 3.86. The van der Waals surface area contributed by atoms with Crippen molar-refractivity contribution in [3.05, 3.63) is 89.2 Å². The van der Waals surface area contributed by atoms with Crippen molar-refractivity contribution in [3.8, 4) is 0 Å². The van der Waals surface area contributed by atoms with E-state index in [2.05, 4.69) is 39.4 Å². The van der Waals surface area contributed by atoms with Crippen LogP contribution in [-0.4, -0.2) is 45.4 Å². The number of hydrogen-bond donors (Lipinski definition) is 2. The molecule has 2 heterocycles. The Morgan fingerprint density at radius 3 is 2.21 bits per heavy atom. The number of H-pyrrole nitrogens is 1. The number of hydrogen-bond acceptors (Lipinski definition) is 4. The molecule has 0 aliphatic carbocycles. The van der Waals surface area contributed by atoms with Crippen molar-refractivity contribution < 1.29 is 14.6 Å². The molecule has 1 aliphatic rings. The van der Waals surface area contributed by atoms with Gasteiger partial charge in [0.15, 0.2) is 5.69 Å². The maximum absolute atomic E-state index is 11.2. The Morgan fingerprint density at radius 1 is 1.07 bits per heavy atom. The largest absolute Gasteiger partial charge is 0.476 e. The fourth-order valence-electron chi connectivity index (χ4n) is 3.86. The summed E-state index contributed by atoms with van der Waals surface area (Å²) in [6.45, 7) is 2.32. The van der Waals surface area contributed by atoms with Crippen LogP contribution in [0.5, 0.6) is 0 Å². The van der Waals surface area contributed by atoms with Crippen LogP contribution in [0.1, 0.15) is 46.1 Å². The zero-order chi connectivity index (χ0) is 20.1. The predicted molar refractivity (Wildman–Crippen MR) is 110 cm³/mol. The number of benzene rings is 2. The molecular formula is C23H25N3O3. The number of ether oxygens (including phenoxy) is 1. The zero-order valence-electron chi connectivity index (χ0n) is 16.2. The molecule has 2 aromatic carbocycles. The van der Waals surface area contributed by atoms with Gasteiger partial charge < -0.3 is 9.84 Å². The van der Waals surface area contributed by atoms with Crippen LogP contribution in [0.25, 0.3) is 0 Å². The van der Waals surface area contributed by atoms with Crippen molar-refractivity contribution in [2.24, 2.45) is 0 Å². The highest BCUT2D eigenvalue weighted by molar-refractivity contribution is 5.86. The monoisotopic (exact) mass is 391 g/mol. The minimum Gasteiger partial charge on any atom is -0.476 e. The van der Waals surface area contributed by atoms with E-state index in [0.717, 1.165) is 42.6 Å². The number of likely N-dealkylation sites (tertiary alicyclic amines) is 1. The van der Waals surface area contributed by atoms with Gasteiger partial charge in [0.2, 0.25) is 0 Å². The number of aromatic nitrogens is 2. The van der Waals surface area contributed by atoms with E-state index in [1.807, 2.05) is 36.4 Å². The molecule has 1 aliphatic heterocycles. The first-order valence-corrected chi connectivity index (χ1v) is 9.94. The zero-order valence-corrected chi connectivity index (χ0v) is 16.2. The van der Waals surface area contributed by atoms with E-state index in [0.29, 0.717) is 6.54 Å². The Bertz CT molecular complexity index is 879. The summed E-state index contributed by atoms with van der Waals surface area (Å²) in [4.78, 5) is 13.5. The van der Waals surface area contributed by atoms with Crippen LogP contribution in [0.15, 0.2) is 66.9 Å². The van der Waals surface area contributed by atoms with E-state index in [1.165, 1.54) is 0 Å². The highest BCUT2D eigenvalue weighted by Gasteiger charge is 2.26. The van der Waals surface area contributed by atoms with Gasteiger partial charge in [-0.3, -0.25) is 10.00 Å². The Labute approximate surface area is 170 Å². The van der Waals surface area contributed by atoms with Crippen LogP contribution in [0.2, 0.25) is 0 Å². The van der Waals surface area contributed by atoms with Gasteiger partial charge >= 0.3 is 5.97 Å². The molecule has 4 rings (SSSR count). The molecule has 0 bridgehead atoms. The number of aromatic carboxylic acids is 1. The molecular weight excluding hydrogens is 366 g/mol. The number of nitrogens with one attached hydrogen (secondary N) is 1. The molecule has 6 nitrogen and oxygen atoms in total. The average molecular weight is 391 g/mol. The summed E-state index contributed by atoms with van der Waals surface area (Å²) in [6, 6.07) is 20.7. The Balaban J connectivity index is 1.39. The summed E-state index contributed by atoms with van der Waals surface area (Å²) in [6.07, 6.45) is 3.58. The summed E-state index contributed by atoms with van der Waals surface area (Å²) < 4.78 is 6.57. The standard InChI is InChI=1S/C23H25N3O3/c27-23(28)21-19(15-24-25-21)16-26-13-11-20(12-14-26)29-22(17-7-3-1-4-8-17)18-9-5-2-6-10-18/h1-10,15,20,22H,11-14,16H2,(H,24,25)(H,27,28). The van der Waals surface area contributed by atoms with Gasteiger partial charge in [0.25, 0.3) is 0 Å². The predicted octanol–water partition coefficient (Wildman–Crippen LogP) is 3.88. The van der Waals surface area contributed by atoms with Gasteiger partial charge in [0.05, 0.1) is 6.10 Å². The third-order valence-electron chi connectivity index (χ3n) is 5.38. The van der Waals surface area contributed by atoms with Gasteiger partial charge in [0, 0.05) is 31.4 Å². The summed E-state index contributed by atoms with van der Waals surface area (Å²) in [7, 11) is 0. The molecule has 0 saturated carbocycles. The van der Waals surface area contributed by atoms with Crippen LogP contribution in [0.4, 0.5) is 0 Å². The van der Waals surface area contributed by atoms with Crippen molar-refractivity contribution >= 4 is 5.97 Å². The molecule has 6 heteroatoms. The molecule has 1 fully saturated rings. The Kier molecular flexibility index (Phi) is 6.03. The summed E-state index contributed by atoms with van der Waals surface area (Å²) in [5, 5.41) is 15.7. The van der Waals surface area contributed by atoms with E-state index >= 15 is 0 Å². The molecule has 3 aromatic rings. The third-order valence-corrected chi connectivity index (χ3v) is 5.38. The average Bonchev–Trinajstić information content (AvgIpc) is 3.23. The second-order valence-electron chi connectivity index (χ2n) is 7.38. The van der Waals surface area contributed by atoms with Gasteiger partial charge in [0.1, 0.15) is 6.10 Å². The van der Waals surface area contributed by atoms with Crippen molar-refractivity contribution in [3.63, 3.8) is 0 Å². The molecule has 150 valence electrons. The lowest BCUT2D eigenvalue weighted by molar-refractivity contribution is -0.0281. The van der Waals surface area contributed by atoms with E-state index in [9.17, 15) is 9.90 Å². The first-order valence-electron chi connectivity index (χ1n) is 9.94. The SMILES string of the molecule is O=C(O)c1n[nH]cc1CN1CCC(OC(c2ccccc2)c2ccccc2)CC1. The van der Waals surface area contributed by atoms with E-state index in [4.69, 9.17) is 4.74 Å². The topological polar surface area (TPSA) is 78.4 Å². The number of rotatable bonds is 7. The lowest BCUT2D eigenvalue weighted by Crippen LogP contribution is -2.37. The van der Waals surface area contributed by atoms with Gasteiger partial charge in [-0.05, 0) is 24.0 Å². The fraction of sp³-hybridized carbons (Fsp3) is 0.304. The molecule has 0 spiro atoms. The maximum atomic E-state index is 11.2. The van der Waals surface area contributed by atoms with Gasteiger partial charge in [-0.25, -0.2) is 4.79 Å². The maximum Gasteiger partial charge on any atom is 0.356 e. The van der Waals surface area contributed by atoms with E-state index in [1.54, 1.807) is 6.20 Å². The number of carboxylic acid groups (broad SMARTS) is 1. The number of carbonyl (C=O) groups is 1. The Morgan fingerprint density at radius 2 is 1.66 bits per heavy atom.